The van der Waals surface area contributed by atoms with Crippen LogP contribution in [0.3, 0.4) is 0 Å². The van der Waals surface area contributed by atoms with Crippen molar-refractivity contribution in [1.82, 2.24) is 15.2 Å². The molecule has 1 saturated heterocycles. The van der Waals surface area contributed by atoms with Crippen LogP contribution >= 0.6 is 0 Å². The number of H-pyrrole nitrogens is 1. The van der Waals surface area contributed by atoms with Crippen LogP contribution in [0.4, 0.5) is 4.79 Å². The first-order chi connectivity index (χ1) is 19.5. The second kappa shape index (κ2) is 14.2. The van der Waals surface area contributed by atoms with E-state index in [9.17, 15) is 9.59 Å². The highest BCUT2D eigenvalue weighted by Crippen LogP contribution is 2.39. The number of allylic oxidation sites excluding steroid dienone is 2. The zero-order chi connectivity index (χ0) is 28.3. The zero-order valence-corrected chi connectivity index (χ0v) is 23.3. The molecule has 0 bridgehead atoms. The Labute approximate surface area is 234 Å². The largest absolute Gasteiger partial charge is 0.514 e. The average molecular weight is 548 g/mol. The maximum atomic E-state index is 12.3. The molecule has 9 heteroatoms. The molecular weight excluding hydrogens is 510 g/mol. The molecule has 0 saturated carbocycles. The molecule has 2 aromatic carbocycles. The molecule has 0 unspecified atom stereocenters. The van der Waals surface area contributed by atoms with Gasteiger partial charge in [0.2, 0.25) is 11.7 Å². The fraction of sp³-hybridized carbons (Fsp3) is 0.355. The Bertz CT molecular complexity index is 1330. The standard InChI is InChI=1S/C31H37N3O6/c1-4-39-31(36)40-30-27(37-2)19-22(20-28(30)38-3)9-5-8-12-29(35)32-15-18-34-16-13-23(14-17-34)25-21-33-26-11-7-6-10-24(25)26/h5-12,19-21,23,33H,4,13-18H2,1-3H3,(H,32,35). The molecule has 1 aliphatic heterocycles. The van der Waals surface area contributed by atoms with Crippen LogP contribution in [-0.4, -0.2) is 69.0 Å². The van der Waals surface area contributed by atoms with Crippen molar-refractivity contribution in [3.05, 3.63) is 72.0 Å². The second-order valence-electron chi connectivity index (χ2n) is 9.45. The average Bonchev–Trinajstić information content (AvgIpc) is 3.40. The van der Waals surface area contributed by atoms with Crippen LogP contribution in [0.2, 0.25) is 0 Å². The van der Waals surface area contributed by atoms with E-state index in [2.05, 4.69) is 45.7 Å². The van der Waals surface area contributed by atoms with Gasteiger partial charge in [-0.15, -0.1) is 0 Å². The monoisotopic (exact) mass is 547 g/mol. The number of para-hydroxylation sites is 1. The molecule has 0 atom stereocenters. The van der Waals surface area contributed by atoms with Gasteiger partial charge in [-0.05, 0) is 68.1 Å². The molecule has 2 heterocycles. The number of benzene rings is 2. The summed E-state index contributed by atoms with van der Waals surface area (Å²) in [6.45, 7) is 5.35. The minimum absolute atomic E-state index is 0.137. The van der Waals surface area contributed by atoms with Gasteiger partial charge in [-0.25, -0.2) is 4.79 Å². The molecule has 3 aromatic rings. The van der Waals surface area contributed by atoms with Gasteiger partial charge in [0.15, 0.2) is 11.5 Å². The molecule has 1 amide bonds. The van der Waals surface area contributed by atoms with Gasteiger partial charge in [-0.2, -0.15) is 0 Å². The Hall–Kier alpha value is -4.24. The van der Waals surface area contributed by atoms with Crippen LogP contribution < -0.4 is 19.5 Å². The van der Waals surface area contributed by atoms with E-state index in [1.54, 1.807) is 37.3 Å². The van der Waals surface area contributed by atoms with Gasteiger partial charge in [0.25, 0.3) is 0 Å². The van der Waals surface area contributed by atoms with E-state index in [4.69, 9.17) is 18.9 Å². The molecule has 1 fully saturated rings. The lowest BCUT2D eigenvalue weighted by Gasteiger charge is -2.31. The summed E-state index contributed by atoms with van der Waals surface area (Å²) in [4.78, 5) is 29.8. The van der Waals surface area contributed by atoms with Crippen LogP contribution in [0, 0.1) is 0 Å². The van der Waals surface area contributed by atoms with Crippen molar-refractivity contribution in [3.63, 3.8) is 0 Å². The number of ether oxygens (including phenoxy) is 4. The first-order valence-corrected chi connectivity index (χ1v) is 13.5. The van der Waals surface area contributed by atoms with E-state index >= 15 is 0 Å². The third kappa shape index (κ3) is 7.45. The number of likely N-dealkylation sites (tertiary alicyclic amines) is 1. The minimum atomic E-state index is -0.841. The Morgan fingerprint density at radius 3 is 2.50 bits per heavy atom. The van der Waals surface area contributed by atoms with Gasteiger partial charge in [0, 0.05) is 36.3 Å². The van der Waals surface area contributed by atoms with E-state index in [0.29, 0.717) is 24.0 Å². The quantitative estimate of drug-likeness (QED) is 0.146. The summed E-state index contributed by atoms with van der Waals surface area (Å²) in [5, 5.41) is 4.28. The summed E-state index contributed by atoms with van der Waals surface area (Å²) >= 11 is 0. The summed E-state index contributed by atoms with van der Waals surface area (Å²) in [5.41, 5.74) is 3.36. The van der Waals surface area contributed by atoms with Crippen LogP contribution in [-0.2, 0) is 9.53 Å². The first kappa shape index (κ1) is 28.8. The molecule has 9 nitrogen and oxygen atoms in total. The van der Waals surface area contributed by atoms with Crippen molar-refractivity contribution in [3.8, 4) is 17.2 Å². The van der Waals surface area contributed by atoms with Crippen LogP contribution in [0.25, 0.3) is 17.0 Å². The maximum absolute atomic E-state index is 12.3. The zero-order valence-electron chi connectivity index (χ0n) is 23.3. The number of amides is 1. The number of hydrogen-bond acceptors (Lipinski definition) is 7. The van der Waals surface area contributed by atoms with Crippen molar-refractivity contribution in [2.75, 3.05) is 47.0 Å². The number of carbonyl (C=O) groups excluding carboxylic acids is 2. The minimum Gasteiger partial charge on any atom is -0.493 e. The van der Waals surface area contributed by atoms with E-state index in [0.717, 1.165) is 38.0 Å². The molecule has 1 aromatic heterocycles. The summed E-state index contributed by atoms with van der Waals surface area (Å²) in [6.07, 6.45) is 10.3. The molecular formula is C31H37N3O6. The van der Waals surface area contributed by atoms with Crippen LogP contribution in [0.5, 0.6) is 17.2 Å². The number of rotatable bonds is 11. The highest BCUT2D eigenvalue weighted by molar-refractivity contribution is 5.88. The lowest BCUT2D eigenvalue weighted by Crippen LogP contribution is -2.38. The van der Waals surface area contributed by atoms with Crippen molar-refractivity contribution >= 4 is 29.0 Å². The number of aromatic amines is 1. The molecule has 4 rings (SSSR count). The lowest BCUT2D eigenvalue weighted by atomic mass is 9.89. The van der Waals surface area contributed by atoms with Crippen molar-refractivity contribution in [2.45, 2.75) is 25.7 Å². The van der Waals surface area contributed by atoms with E-state index in [1.807, 2.05) is 0 Å². The van der Waals surface area contributed by atoms with Gasteiger partial charge in [-0.3, -0.25) is 4.79 Å². The van der Waals surface area contributed by atoms with Crippen LogP contribution in [0.1, 0.15) is 36.8 Å². The van der Waals surface area contributed by atoms with Crippen LogP contribution in [0.15, 0.2) is 60.8 Å². The maximum Gasteiger partial charge on any atom is 0.514 e. The summed E-state index contributed by atoms with van der Waals surface area (Å²) in [5.74, 6) is 1.20. The van der Waals surface area contributed by atoms with Gasteiger partial charge < -0.3 is 34.1 Å². The van der Waals surface area contributed by atoms with Crippen molar-refractivity contribution in [2.24, 2.45) is 0 Å². The number of hydrogen-bond donors (Lipinski definition) is 2. The Morgan fingerprint density at radius 1 is 1.07 bits per heavy atom. The SMILES string of the molecule is CCOC(=O)Oc1c(OC)cc(C=CC=CC(=O)NCCN2CCC(c3c[nH]c4ccccc34)CC2)cc1OC. The molecule has 2 N–H and O–H groups in total. The lowest BCUT2D eigenvalue weighted by molar-refractivity contribution is -0.116. The molecule has 0 radical (unpaired) electrons. The summed E-state index contributed by atoms with van der Waals surface area (Å²) in [6, 6.07) is 11.9. The Balaban J connectivity index is 1.21. The molecule has 40 heavy (non-hydrogen) atoms. The van der Waals surface area contributed by atoms with E-state index in [-0.39, 0.29) is 18.3 Å². The number of piperidine rings is 1. The number of nitrogens with zero attached hydrogens (tertiary/aromatic N) is 1. The fourth-order valence-corrected chi connectivity index (χ4v) is 4.93. The van der Waals surface area contributed by atoms with Crippen molar-refractivity contribution < 1.29 is 28.5 Å². The first-order valence-electron chi connectivity index (χ1n) is 13.5. The highest BCUT2D eigenvalue weighted by atomic mass is 16.7. The fourth-order valence-electron chi connectivity index (χ4n) is 4.93. The van der Waals surface area contributed by atoms with Gasteiger partial charge in [0.05, 0.1) is 20.8 Å². The van der Waals surface area contributed by atoms with E-state index in [1.165, 1.54) is 36.8 Å². The molecule has 0 aliphatic carbocycles. The smallest absolute Gasteiger partial charge is 0.493 e. The highest BCUT2D eigenvalue weighted by Gasteiger charge is 2.22. The summed E-state index contributed by atoms with van der Waals surface area (Å²) < 4.78 is 20.8. The Morgan fingerprint density at radius 2 is 1.80 bits per heavy atom. The molecule has 1 aliphatic rings. The number of nitrogens with one attached hydrogen (secondary N) is 2. The van der Waals surface area contributed by atoms with E-state index < -0.39 is 6.16 Å². The molecule has 0 spiro atoms. The van der Waals surface area contributed by atoms with Gasteiger partial charge >= 0.3 is 6.16 Å². The number of carbonyl (C=O) groups is 2. The Kier molecular flexibility index (Phi) is 10.2. The van der Waals surface area contributed by atoms with Gasteiger partial charge in [0.1, 0.15) is 0 Å². The van der Waals surface area contributed by atoms with Gasteiger partial charge in [-0.1, -0.05) is 36.4 Å². The van der Waals surface area contributed by atoms with Crippen molar-refractivity contribution in [1.29, 1.82) is 0 Å². The summed E-state index contributed by atoms with van der Waals surface area (Å²) in [7, 11) is 2.94. The topological polar surface area (TPSA) is 102 Å². The number of fused-ring (bicyclic) bond motifs is 1. The molecule has 212 valence electrons. The number of methoxy groups -OCH3 is 2. The normalized spacial score (nSPS) is 14.6. The second-order valence-corrected chi connectivity index (χ2v) is 9.45. The predicted molar refractivity (Wildman–Crippen MR) is 155 cm³/mol. The number of aromatic nitrogens is 1. The predicted octanol–water partition coefficient (Wildman–Crippen LogP) is 5.29. The third-order valence-corrected chi connectivity index (χ3v) is 6.95. The third-order valence-electron chi connectivity index (χ3n) is 6.95.